The number of hydrogen-bond donors (Lipinski definition) is 5. The summed E-state index contributed by atoms with van der Waals surface area (Å²) in [6.07, 6.45) is 2.20. The summed E-state index contributed by atoms with van der Waals surface area (Å²) in [5, 5.41) is 11.7. The minimum atomic E-state index is -1.13. The molecule has 3 amide bonds. The van der Waals surface area contributed by atoms with Crippen molar-refractivity contribution in [2.24, 2.45) is 17.2 Å². The highest BCUT2D eigenvalue weighted by Crippen LogP contribution is 2.19. The number of carboxylic acid groups (broad SMARTS) is 1. The van der Waals surface area contributed by atoms with Gasteiger partial charge in [0.2, 0.25) is 17.7 Å². The molecule has 1 fully saturated rings. The van der Waals surface area contributed by atoms with E-state index in [2.05, 4.69) is 5.32 Å². The SMILES string of the molecule is NCCCC[C@H](NC(=O)[C@@H]1CCCN1C(=O)[C@@H](N)CC(N)=O)C(=O)O. The maximum atomic E-state index is 12.4. The Morgan fingerprint density at radius 1 is 1.24 bits per heavy atom. The second kappa shape index (κ2) is 9.94. The van der Waals surface area contributed by atoms with Crippen LogP contribution in [0.15, 0.2) is 0 Å². The molecule has 142 valence electrons. The van der Waals surface area contributed by atoms with Gasteiger partial charge in [-0.15, -0.1) is 0 Å². The fraction of sp³-hybridized carbons (Fsp3) is 0.733. The van der Waals surface area contributed by atoms with Crippen LogP contribution in [0.5, 0.6) is 0 Å². The molecule has 10 heteroatoms. The molecule has 0 unspecified atom stereocenters. The van der Waals surface area contributed by atoms with Crippen LogP contribution in [0.2, 0.25) is 0 Å². The molecule has 0 aromatic carbocycles. The predicted molar refractivity (Wildman–Crippen MR) is 89.0 cm³/mol. The zero-order valence-electron chi connectivity index (χ0n) is 14.1. The maximum Gasteiger partial charge on any atom is 0.326 e. The Kier molecular flexibility index (Phi) is 8.29. The Morgan fingerprint density at radius 3 is 2.48 bits per heavy atom. The van der Waals surface area contributed by atoms with E-state index in [1.54, 1.807) is 0 Å². The number of unbranched alkanes of at least 4 members (excludes halogenated alkanes) is 1. The average molecular weight is 357 g/mol. The summed E-state index contributed by atoms with van der Waals surface area (Å²) >= 11 is 0. The van der Waals surface area contributed by atoms with Gasteiger partial charge in [-0.25, -0.2) is 4.79 Å². The Bertz CT molecular complexity index is 513. The number of carbonyl (C=O) groups is 4. The highest BCUT2D eigenvalue weighted by atomic mass is 16.4. The van der Waals surface area contributed by atoms with Gasteiger partial charge in [-0.3, -0.25) is 14.4 Å². The first-order valence-electron chi connectivity index (χ1n) is 8.35. The van der Waals surface area contributed by atoms with Gasteiger partial charge in [-0.1, -0.05) is 0 Å². The van der Waals surface area contributed by atoms with Crippen molar-refractivity contribution in [2.45, 2.75) is 56.7 Å². The van der Waals surface area contributed by atoms with Crippen LogP contribution in [0.4, 0.5) is 0 Å². The highest BCUT2D eigenvalue weighted by Gasteiger charge is 2.37. The Morgan fingerprint density at radius 2 is 1.92 bits per heavy atom. The van der Waals surface area contributed by atoms with Crippen molar-refractivity contribution in [1.29, 1.82) is 0 Å². The van der Waals surface area contributed by atoms with Crippen molar-refractivity contribution < 1.29 is 24.3 Å². The molecule has 1 saturated heterocycles. The minimum absolute atomic E-state index is 0.264. The lowest BCUT2D eigenvalue weighted by atomic mass is 10.1. The van der Waals surface area contributed by atoms with Crippen molar-refractivity contribution in [3.63, 3.8) is 0 Å². The van der Waals surface area contributed by atoms with Gasteiger partial charge in [-0.05, 0) is 38.6 Å². The molecule has 0 radical (unpaired) electrons. The monoisotopic (exact) mass is 357 g/mol. The summed E-state index contributed by atoms with van der Waals surface area (Å²) in [6, 6.07) is -2.93. The summed E-state index contributed by atoms with van der Waals surface area (Å²) in [4.78, 5) is 48.2. The fourth-order valence-corrected chi connectivity index (χ4v) is 2.84. The lowest BCUT2D eigenvalue weighted by Gasteiger charge is -2.27. The molecular formula is C15H27N5O5. The molecule has 0 aromatic heterocycles. The van der Waals surface area contributed by atoms with E-state index in [1.807, 2.05) is 0 Å². The zero-order chi connectivity index (χ0) is 19.0. The second-order valence-corrected chi connectivity index (χ2v) is 6.15. The molecular weight excluding hydrogens is 330 g/mol. The van der Waals surface area contributed by atoms with E-state index in [-0.39, 0.29) is 12.8 Å². The van der Waals surface area contributed by atoms with Crippen LogP contribution in [-0.4, -0.2) is 64.9 Å². The van der Waals surface area contributed by atoms with Gasteiger partial charge in [0.1, 0.15) is 12.1 Å². The molecule has 10 nitrogen and oxygen atoms in total. The highest BCUT2D eigenvalue weighted by molar-refractivity contribution is 5.93. The number of rotatable bonds is 10. The molecule has 8 N–H and O–H groups in total. The van der Waals surface area contributed by atoms with Gasteiger partial charge in [0.05, 0.1) is 12.5 Å². The van der Waals surface area contributed by atoms with Crippen LogP contribution in [0.3, 0.4) is 0 Å². The van der Waals surface area contributed by atoms with Gasteiger partial charge in [0.15, 0.2) is 0 Å². The van der Waals surface area contributed by atoms with E-state index in [0.717, 1.165) is 0 Å². The minimum Gasteiger partial charge on any atom is -0.480 e. The molecule has 0 saturated carbocycles. The smallest absolute Gasteiger partial charge is 0.326 e. The molecule has 1 rings (SSSR count). The van der Waals surface area contributed by atoms with Gasteiger partial charge >= 0.3 is 5.97 Å². The molecule has 1 aliphatic rings. The number of hydrogen-bond acceptors (Lipinski definition) is 6. The van der Waals surface area contributed by atoms with Crippen molar-refractivity contribution in [1.82, 2.24) is 10.2 Å². The van der Waals surface area contributed by atoms with E-state index >= 15 is 0 Å². The number of aliphatic carboxylic acids is 1. The van der Waals surface area contributed by atoms with Crippen molar-refractivity contribution in [3.8, 4) is 0 Å². The molecule has 0 bridgehead atoms. The number of nitrogens with two attached hydrogens (primary N) is 3. The number of likely N-dealkylation sites (tertiary alicyclic amines) is 1. The summed E-state index contributed by atoms with van der Waals surface area (Å²) in [5.74, 6) is -2.90. The maximum absolute atomic E-state index is 12.4. The van der Waals surface area contributed by atoms with Gasteiger partial charge in [0, 0.05) is 6.54 Å². The standard InChI is InChI=1S/C15H27N5O5/c16-6-2-1-4-10(15(24)25)19-13(22)11-5-3-7-20(11)14(23)9(17)8-12(18)21/h9-11H,1-8,16-17H2,(H2,18,21)(H,19,22)(H,24,25)/t9-,10-,11-/m0/s1. The first-order chi connectivity index (χ1) is 11.8. The second-order valence-electron chi connectivity index (χ2n) is 6.15. The predicted octanol–water partition coefficient (Wildman–Crippen LogP) is -2.12. The lowest BCUT2D eigenvalue weighted by Crippen LogP contribution is -2.54. The normalized spacial score (nSPS) is 19.3. The van der Waals surface area contributed by atoms with Gasteiger partial charge < -0.3 is 32.5 Å². The number of primary amides is 1. The summed E-state index contributed by atoms with van der Waals surface area (Å²) in [5.41, 5.74) is 16.1. The van der Waals surface area contributed by atoms with Crippen LogP contribution in [0, 0.1) is 0 Å². The van der Waals surface area contributed by atoms with Crippen molar-refractivity contribution in [3.05, 3.63) is 0 Å². The number of nitrogens with zero attached hydrogens (tertiary/aromatic N) is 1. The molecule has 3 atom stereocenters. The molecule has 25 heavy (non-hydrogen) atoms. The number of nitrogens with one attached hydrogen (secondary N) is 1. The third-order valence-electron chi connectivity index (χ3n) is 4.14. The van der Waals surface area contributed by atoms with Crippen molar-refractivity contribution >= 4 is 23.7 Å². The van der Waals surface area contributed by atoms with Crippen LogP contribution >= 0.6 is 0 Å². The fourth-order valence-electron chi connectivity index (χ4n) is 2.84. The van der Waals surface area contributed by atoms with E-state index in [1.165, 1.54) is 4.90 Å². The molecule has 0 aromatic rings. The lowest BCUT2D eigenvalue weighted by molar-refractivity contribution is -0.144. The third kappa shape index (κ3) is 6.31. The quantitative estimate of drug-likeness (QED) is 0.277. The van der Waals surface area contributed by atoms with E-state index in [0.29, 0.717) is 38.8 Å². The Balaban J connectivity index is 2.69. The third-order valence-corrected chi connectivity index (χ3v) is 4.14. The molecule has 1 aliphatic heterocycles. The van der Waals surface area contributed by atoms with E-state index < -0.39 is 41.8 Å². The summed E-state index contributed by atoms with van der Waals surface area (Å²) in [6.45, 7) is 0.775. The van der Waals surface area contributed by atoms with Gasteiger partial charge in [0.25, 0.3) is 0 Å². The first kappa shape index (κ1) is 20.8. The van der Waals surface area contributed by atoms with Crippen LogP contribution in [-0.2, 0) is 19.2 Å². The molecule has 0 spiro atoms. The Labute approximate surface area is 146 Å². The van der Waals surface area contributed by atoms with Crippen LogP contribution in [0.1, 0.15) is 38.5 Å². The Hall–Kier alpha value is -2.20. The average Bonchev–Trinajstić information content (AvgIpc) is 3.01. The number of carbonyl (C=O) groups excluding carboxylic acids is 3. The first-order valence-corrected chi connectivity index (χ1v) is 8.35. The summed E-state index contributed by atoms with van der Waals surface area (Å²) in [7, 11) is 0. The topological polar surface area (TPSA) is 182 Å². The zero-order valence-corrected chi connectivity index (χ0v) is 14.1. The number of carboxylic acids is 1. The van der Waals surface area contributed by atoms with Crippen molar-refractivity contribution in [2.75, 3.05) is 13.1 Å². The van der Waals surface area contributed by atoms with E-state index in [4.69, 9.17) is 17.2 Å². The van der Waals surface area contributed by atoms with E-state index in [9.17, 15) is 24.3 Å². The molecule has 0 aliphatic carbocycles. The van der Waals surface area contributed by atoms with Gasteiger partial charge in [-0.2, -0.15) is 0 Å². The molecule has 1 heterocycles. The summed E-state index contributed by atoms with van der Waals surface area (Å²) < 4.78 is 0. The largest absolute Gasteiger partial charge is 0.480 e. The van der Waals surface area contributed by atoms with Crippen LogP contribution in [0.25, 0.3) is 0 Å². The van der Waals surface area contributed by atoms with Crippen LogP contribution < -0.4 is 22.5 Å². The number of amides is 3.